The molecule has 0 radical (unpaired) electrons. The number of hydrogen-bond acceptors (Lipinski definition) is 4. The fourth-order valence-electron chi connectivity index (χ4n) is 2.97. The number of nitrogens with one attached hydrogen (secondary N) is 1. The van der Waals surface area contributed by atoms with Gasteiger partial charge in [0.1, 0.15) is 0 Å². The maximum Gasteiger partial charge on any atom is 0.253 e. The average Bonchev–Trinajstić information content (AvgIpc) is 2.63. The summed E-state index contributed by atoms with van der Waals surface area (Å²) < 4.78 is 26.9. The van der Waals surface area contributed by atoms with Gasteiger partial charge < -0.3 is 5.32 Å². The molecule has 1 aromatic carbocycles. The van der Waals surface area contributed by atoms with Crippen LogP contribution < -0.4 is 5.32 Å². The van der Waals surface area contributed by atoms with E-state index in [0.717, 1.165) is 11.3 Å². The van der Waals surface area contributed by atoms with Crippen LogP contribution in [0.1, 0.15) is 34.5 Å². The van der Waals surface area contributed by atoms with Crippen molar-refractivity contribution in [3.05, 3.63) is 59.4 Å². The Balaban J connectivity index is 1.59. The third kappa shape index (κ3) is 4.11. The summed E-state index contributed by atoms with van der Waals surface area (Å²) in [5, 5.41) is 2.97. The molecule has 2 heterocycles. The van der Waals surface area contributed by atoms with Gasteiger partial charge in [0, 0.05) is 31.0 Å². The minimum absolute atomic E-state index is 0.0340. The number of nitrogens with zero attached hydrogens (tertiary/aromatic N) is 2. The van der Waals surface area contributed by atoms with Gasteiger partial charge in [-0.3, -0.25) is 9.78 Å². The summed E-state index contributed by atoms with van der Waals surface area (Å²) in [5.74, 6) is -0.169. The van der Waals surface area contributed by atoms with Gasteiger partial charge in [-0.25, -0.2) is 8.42 Å². The van der Waals surface area contributed by atoms with Crippen molar-refractivity contribution in [2.75, 3.05) is 13.1 Å². The van der Waals surface area contributed by atoms with Crippen LogP contribution in [0.25, 0.3) is 0 Å². The summed E-state index contributed by atoms with van der Waals surface area (Å²) >= 11 is 0. The standard InChI is InChI=1S/C19H23N3O3S/c1-14-3-7-18(8-4-14)26(24,25)22-11-9-17(10-12-22)21-19(23)16-6-5-15(2)20-13-16/h3-8,13,17H,9-12H2,1-2H3,(H,21,23). The molecule has 7 heteroatoms. The maximum absolute atomic E-state index is 12.7. The monoisotopic (exact) mass is 373 g/mol. The van der Waals surface area contributed by atoms with Gasteiger partial charge in [0.05, 0.1) is 10.5 Å². The van der Waals surface area contributed by atoms with Gasteiger partial charge >= 0.3 is 0 Å². The van der Waals surface area contributed by atoms with Gasteiger partial charge in [0.2, 0.25) is 10.0 Å². The zero-order valence-corrected chi connectivity index (χ0v) is 15.8. The van der Waals surface area contributed by atoms with E-state index in [1.54, 1.807) is 42.6 Å². The van der Waals surface area contributed by atoms with E-state index in [1.807, 2.05) is 13.8 Å². The molecule has 1 fully saturated rings. The van der Waals surface area contributed by atoms with E-state index in [0.29, 0.717) is 36.4 Å². The second kappa shape index (κ2) is 7.55. The van der Waals surface area contributed by atoms with Gasteiger partial charge in [0.25, 0.3) is 5.91 Å². The van der Waals surface area contributed by atoms with E-state index in [2.05, 4.69) is 10.3 Å². The SMILES string of the molecule is Cc1ccc(S(=O)(=O)N2CCC(NC(=O)c3ccc(C)nc3)CC2)cc1. The largest absolute Gasteiger partial charge is 0.349 e. The van der Waals surface area contributed by atoms with Crippen LogP contribution >= 0.6 is 0 Å². The number of aromatic nitrogens is 1. The van der Waals surface area contributed by atoms with Gasteiger partial charge in [-0.15, -0.1) is 0 Å². The van der Waals surface area contributed by atoms with Crippen molar-refractivity contribution in [1.82, 2.24) is 14.6 Å². The summed E-state index contributed by atoms with van der Waals surface area (Å²) in [7, 11) is -3.48. The quantitative estimate of drug-likeness (QED) is 0.892. The molecule has 0 unspecified atom stereocenters. The van der Waals surface area contributed by atoms with Crippen LogP contribution in [0, 0.1) is 13.8 Å². The van der Waals surface area contributed by atoms with Gasteiger partial charge in [0.15, 0.2) is 0 Å². The van der Waals surface area contributed by atoms with E-state index >= 15 is 0 Å². The highest BCUT2D eigenvalue weighted by molar-refractivity contribution is 7.89. The topological polar surface area (TPSA) is 79.4 Å². The number of carbonyl (C=O) groups is 1. The first-order valence-electron chi connectivity index (χ1n) is 8.66. The number of carbonyl (C=O) groups excluding carboxylic acids is 1. The molecule has 1 N–H and O–H groups in total. The zero-order valence-electron chi connectivity index (χ0n) is 15.0. The molecule has 1 aliphatic rings. The molecule has 1 aliphatic heterocycles. The third-order valence-corrected chi connectivity index (χ3v) is 6.53. The number of piperidine rings is 1. The molecule has 0 saturated carbocycles. The van der Waals surface area contributed by atoms with Gasteiger partial charge in [-0.1, -0.05) is 17.7 Å². The first-order valence-corrected chi connectivity index (χ1v) is 10.1. The molecule has 3 rings (SSSR count). The zero-order chi connectivity index (χ0) is 18.7. The highest BCUT2D eigenvalue weighted by Crippen LogP contribution is 2.21. The number of aryl methyl sites for hydroxylation is 2. The van der Waals surface area contributed by atoms with Crippen molar-refractivity contribution in [3.8, 4) is 0 Å². The van der Waals surface area contributed by atoms with Crippen LogP contribution in [-0.4, -0.2) is 42.7 Å². The minimum Gasteiger partial charge on any atom is -0.349 e. The Kier molecular flexibility index (Phi) is 5.38. The third-order valence-electron chi connectivity index (χ3n) is 4.62. The number of pyridine rings is 1. The van der Waals surface area contributed by atoms with Crippen molar-refractivity contribution in [2.45, 2.75) is 37.6 Å². The Hall–Kier alpha value is -2.25. The molecule has 1 saturated heterocycles. The van der Waals surface area contributed by atoms with E-state index in [-0.39, 0.29) is 11.9 Å². The summed E-state index contributed by atoms with van der Waals surface area (Å²) in [6.07, 6.45) is 2.74. The molecular formula is C19H23N3O3S. The van der Waals surface area contributed by atoms with Crippen LogP contribution in [0.2, 0.25) is 0 Å². The molecule has 2 aromatic rings. The highest BCUT2D eigenvalue weighted by Gasteiger charge is 2.30. The first-order chi connectivity index (χ1) is 12.4. The minimum atomic E-state index is -3.48. The lowest BCUT2D eigenvalue weighted by Gasteiger charge is -2.31. The van der Waals surface area contributed by atoms with Crippen molar-refractivity contribution >= 4 is 15.9 Å². The fraction of sp³-hybridized carbons (Fsp3) is 0.368. The predicted molar refractivity (Wildman–Crippen MR) is 99.4 cm³/mol. The van der Waals surface area contributed by atoms with Crippen LogP contribution in [0.3, 0.4) is 0 Å². The molecule has 1 aromatic heterocycles. The predicted octanol–water partition coefficient (Wildman–Crippen LogP) is 2.28. The molecule has 0 spiro atoms. The second-order valence-electron chi connectivity index (χ2n) is 6.65. The van der Waals surface area contributed by atoms with Crippen LogP contribution in [-0.2, 0) is 10.0 Å². The lowest BCUT2D eigenvalue weighted by atomic mass is 10.1. The molecule has 0 bridgehead atoms. The molecule has 138 valence electrons. The molecule has 0 aliphatic carbocycles. The lowest BCUT2D eigenvalue weighted by Crippen LogP contribution is -2.46. The van der Waals surface area contributed by atoms with E-state index in [1.165, 1.54) is 4.31 Å². The van der Waals surface area contributed by atoms with Crippen molar-refractivity contribution in [3.63, 3.8) is 0 Å². The number of benzene rings is 1. The Morgan fingerprint density at radius 2 is 1.73 bits per heavy atom. The average molecular weight is 373 g/mol. The molecule has 1 amide bonds. The number of sulfonamides is 1. The molecule has 0 atom stereocenters. The van der Waals surface area contributed by atoms with Crippen molar-refractivity contribution in [2.24, 2.45) is 0 Å². The van der Waals surface area contributed by atoms with Crippen molar-refractivity contribution < 1.29 is 13.2 Å². The van der Waals surface area contributed by atoms with Gasteiger partial charge in [-0.05, 0) is 51.0 Å². The number of amides is 1. The second-order valence-corrected chi connectivity index (χ2v) is 8.59. The maximum atomic E-state index is 12.7. The van der Waals surface area contributed by atoms with Crippen LogP contribution in [0.15, 0.2) is 47.5 Å². The Bertz CT molecular complexity index is 869. The summed E-state index contributed by atoms with van der Waals surface area (Å²) in [4.78, 5) is 16.7. The van der Waals surface area contributed by atoms with E-state index in [4.69, 9.17) is 0 Å². The molecular weight excluding hydrogens is 350 g/mol. The van der Waals surface area contributed by atoms with Crippen LogP contribution in [0.5, 0.6) is 0 Å². The molecule has 26 heavy (non-hydrogen) atoms. The summed E-state index contributed by atoms with van der Waals surface area (Å²) in [5.41, 5.74) is 2.40. The van der Waals surface area contributed by atoms with E-state index in [9.17, 15) is 13.2 Å². The summed E-state index contributed by atoms with van der Waals surface area (Å²) in [6, 6.07) is 10.4. The van der Waals surface area contributed by atoms with Crippen molar-refractivity contribution in [1.29, 1.82) is 0 Å². The van der Waals surface area contributed by atoms with Crippen LogP contribution in [0.4, 0.5) is 0 Å². The number of rotatable bonds is 4. The fourth-order valence-corrected chi connectivity index (χ4v) is 4.44. The van der Waals surface area contributed by atoms with Gasteiger partial charge in [-0.2, -0.15) is 4.31 Å². The Labute approximate surface area is 154 Å². The lowest BCUT2D eigenvalue weighted by molar-refractivity contribution is 0.0923. The molecule has 6 nitrogen and oxygen atoms in total. The Morgan fingerprint density at radius 3 is 2.31 bits per heavy atom. The Morgan fingerprint density at radius 1 is 1.08 bits per heavy atom. The van der Waals surface area contributed by atoms with E-state index < -0.39 is 10.0 Å². The smallest absolute Gasteiger partial charge is 0.253 e. The number of hydrogen-bond donors (Lipinski definition) is 1. The highest BCUT2D eigenvalue weighted by atomic mass is 32.2. The normalized spacial score (nSPS) is 16.4. The first kappa shape index (κ1) is 18.5. The summed E-state index contributed by atoms with van der Waals surface area (Å²) in [6.45, 7) is 4.58.